The molecule has 10 nitrogen and oxygen atoms in total. The summed E-state index contributed by atoms with van der Waals surface area (Å²) in [6.07, 6.45) is 7.83. The normalized spacial score (nSPS) is 17.1. The summed E-state index contributed by atoms with van der Waals surface area (Å²) in [4.78, 5) is 43.5. The summed E-state index contributed by atoms with van der Waals surface area (Å²) in [6, 6.07) is 10.8. The van der Waals surface area contributed by atoms with Crippen molar-refractivity contribution in [3.05, 3.63) is 54.4 Å². The number of carbonyl (C=O) groups is 2. The number of nitrogens with zero attached hydrogens (tertiary/aromatic N) is 5. The molecule has 0 bridgehead atoms. The molecule has 1 aliphatic carbocycles. The fourth-order valence-electron chi connectivity index (χ4n) is 5.21. The maximum atomic E-state index is 13.2. The van der Waals surface area contributed by atoms with Gasteiger partial charge in [0, 0.05) is 31.4 Å². The van der Waals surface area contributed by atoms with Crippen molar-refractivity contribution >= 4 is 40.8 Å². The third kappa shape index (κ3) is 4.98. The van der Waals surface area contributed by atoms with Crippen molar-refractivity contribution in [3.8, 4) is 5.75 Å². The Morgan fingerprint density at radius 2 is 1.92 bits per heavy atom. The van der Waals surface area contributed by atoms with Crippen LogP contribution >= 0.6 is 0 Å². The van der Waals surface area contributed by atoms with Crippen LogP contribution in [0.2, 0.25) is 0 Å². The number of benzene rings is 1. The summed E-state index contributed by atoms with van der Waals surface area (Å²) in [5.74, 6) is 1.83. The van der Waals surface area contributed by atoms with Gasteiger partial charge in [-0.3, -0.25) is 9.59 Å². The third-order valence-electron chi connectivity index (χ3n) is 7.21. The lowest BCUT2D eigenvalue weighted by molar-refractivity contribution is -0.125. The summed E-state index contributed by atoms with van der Waals surface area (Å²) >= 11 is 0. The molecule has 3 heterocycles. The van der Waals surface area contributed by atoms with Gasteiger partial charge in [0.2, 0.25) is 11.9 Å². The number of anilines is 5. The van der Waals surface area contributed by atoms with Crippen LogP contribution in [0.25, 0.3) is 0 Å². The highest BCUT2D eigenvalue weighted by molar-refractivity contribution is 6.04. The van der Waals surface area contributed by atoms with E-state index in [0.717, 1.165) is 18.7 Å². The van der Waals surface area contributed by atoms with Crippen LogP contribution in [0.15, 0.2) is 48.8 Å². The number of ether oxygens (including phenoxy) is 1. The topological polar surface area (TPSA) is 113 Å². The van der Waals surface area contributed by atoms with Crippen molar-refractivity contribution in [3.63, 3.8) is 0 Å². The number of nitrogens with one attached hydrogen (secondary N) is 2. The van der Waals surface area contributed by atoms with Crippen molar-refractivity contribution in [2.75, 3.05) is 41.1 Å². The van der Waals surface area contributed by atoms with Crippen LogP contribution in [0.1, 0.15) is 49.9 Å². The lowest BCUT2D eigenvalue weighted by atomic mass is 9.91. The van der Waals surface area contributed by atoms with Crippen LogP contribution in [0.5, 0.6) is 5.75 Å². The van der Waals surface area contributed by atoms with E-state index in [4.69, 9.17) is 9.72 Å². The number of amides is 2. The molecule has 1 fully saturated rings. The van der Waals surface area contributed by atoms with Gasteiger partial charge in [0.1, 0.15) is 17.3 Å². The molecule has 2 amide bonds. The molecule has 0 saturated heterocycles. The van der Waals surface area contributed by atoms with Gasteiger partial charge in [0.15, 0.2) is 5.82 Å². The summed E-state index contributed by atoms with van der Waals surface area (Å²) in [7, 11) is 3.33. The fourth-order valence-corrected chi connectivity index (χ4v) is 5.21. The van der Waals surface area contributed by atoms with Crippen molar-refractivity contribution in [1.82, 2.24) is 15.0 Å². The zero-order chi connectivity index (χ0) is 26.9. The number of pyridine rings is 1. The quantitative estimate of drug-likeness (QED) is 0.489. The van der Waals surface area contributed by atoms with E-state index < -0.39 is 5.41 Å². The minimum atomic E-state index is -0.555. The Kier molecular flexibility index (Phi) is 6.88. The van der Waals surface area contributed by atoms with Crippen LogP contribution in [-0.4, -0.2) is 53.5 Å². The lowest BCUT2D eigenvalue weighted by Gasteiger charge is -2.34. The average molecular weight is 516 g/mol. The second-order valence-corrected chi connectivity index (χ2v) is 10.4. The molecule has 0 atom stereocenters. The minimum Gasteiger partial charge on any atom is -0.495 e. The summed E-state index contributed by atoms with van der Waals surface area (Å²) in [5, 5.41) is 6.02. The van der Waals surface area contributed by atoms with Crippen LogP contribution < -0.4 is 25.2 Å². The zero-order valence-corrected chi connectivity index (χ0v) is 22.2. The van der Waals surface area contributed by atoms with Crippen LogP contribution in [-0.2, 0) is 4.79 Å². The van der Waals surface area contributed by atoms with Gasteiger partial charge in [0.25, 0.3) is 5.91 Å². The van der Waals surface area contributed by atoms with Crippen molar-refractivity contribution < 1.29 is 14.3 Å². The standard InChI is InChI=1S/C28H33N7O3/c1-28(2)17-35(19-9-5-6-10-19)24-21(34(3)26(28)37)16-30-27(33-24)31-20-13-12-18(15-22(20)38-4)25(36)32-23-11-7-8-14-29-23/h7-8,11-16,19H,5-6,9-10,17H2,1-4H3,(H,29,32,36)(H,30,31,33). The van der Waals surface area contributed by atoms with Crippen LogP contribution in [0.3, 0.4) is 0 Å². The first kappa shape index (κ1) is 25.4. The molecule has 1 aromatic carbocycles. The van der Waals surface area contributed by atoms with Gasteiger partial charge < -0.3 is 25.2 Å². The Morgan fingerprint density at radius 1 is 1.13 bits per heavy atom. The van der Waals surface area contributed by atoms with E-state index in [1.54, 1.807) is 67.8 Å². The molecule has 0 unspecified atom stereocenters. The second kappa shape index (κ2) is 10.3. The third-order valence-corrected chi connectivity index (χ3v) is 7.21. The Bertz CT molecular complexity index is 1340. The van der Waals surface area contributed by atoms with E-state index in [9.17, 15) is 9.59 Å². The molecule has 3 aromatic rings. The average Bonchev–Trinajstić information content (AvgIpc) is 3.44. The van der Waals surface area contributed by atoms with Gasteiger partial charge >= 0.3 is 0 Å². The molecule has 2 N–H and O–H groups in total. The van der Waals surface area contributed by atoms with Crippen LogP contribution in [0, 0.1) is 5.41 Å². The van der Waals surface area contributed by atoms with E-state index >= 15 is 0 Å². The number of aromatic nitrogens is 3. The number of carbonyl (C=O) groups excluding carboxylic acids is 2. The van der Waals surface area contributed by atoms with Gasteiger partial charge in [-0.15, -0.1) is 0 Å². The van der Waals surface area contributed by atoms with Gasteiger partial charge in [0.05, 0.1) is 24.4 Å². The molecular weight excluding hydrogens is 482 g/mol. The van der Waals surface area contributed by atoms with E-state index in [1.807, 2.05) is 13.8 Å². The molecule has 2 aromatic heterocycles. The zero-order valence-electron chi connectivity index (χ0n) is 22.2. The maximum Gasteiger partial charge on any atom is 0.256 e. The van der Waals surface area contributed by atoms with E-state index in [2.05, 4.69) is 25.5 Å². The molecule has 198 valence electrons. The highest BCUT2D eigenvalue weighted by Crippen LogP contribution is 2.40. The Balaban J connectivity index is 1.44. The van der Waals surface area contributed by atoms with E-state index in [0.29, 0.717) is 47.0 Å². The van der Waals surface area contributed by atoms with Crippen molar-refractivity contribution in [1.29, 1.82) is 0 Å². The predicted molar refractivity (Wildman–Crippen MR) is 147 cm³/mol. The Labute approximate surface area is 222 Å². The number of hydrogen-bond donors (Lipinski definition) is 2. The largest absolute Gasteiger partial charge is 0.495 e. The van der Waals surface area contributed by atoms with E-state index in [-0.39, 0.29) is 11.8 Å². The molecule has 0 radical (unpaired) electrons. The molecule has 5 rings (SSSR count). The first-order valence-electron chi connectivity index (χ1n) is 12.9. The number of rotatable bonds is 6. The molecule has 38 heavy (non-hydrogen) atoms. The predicted octanol–water partition coefficient (Wildman–Crippen LogP) is 4.63. The lowest BCUT2D eigenvalue weighted by Crippen LogP contribution is -2.45. The second-order valence-electron chi connectivity index (χ2n) is 10.4. The molecule has 2 aliphatic rings. The Hall–Kier alpha value is -4.21. The molecule has 0 spiro atoms. The van der Waals surface area contributed by atoms with Crippen LogP contribution in [0.4, 0.5) is 29.0 Å². The van der Waals surface area contributed by atoms with Gasteiger partial charge in [-0.1, -0.05) is 18.9 Å². The monoisotopic (exact) mass is 515 g/mol. The number of hydrogen-bond acceptors (Lipinski definition) is 8. The molecule has 1 aliphatic heterocycles. The maximum absolute atomic E-state index is 13.2. The van der Waals surface area contributed by atoms with Gasteiger partial charge in [-0.2, -0.15) is 4.98 Å². The fraction of sp³-hybridized carbons (Fsp3) is 0.393. The minimum absolute atomic E-state index is 0.0461. The first-order chi connectivity index (χ1) is 18.3. The summed E-state index contributed by atoms with van der Waals surface area (Å²) in [5.41, 5.74) is 1.19. The number of methoxy groups -OCH3 is 1. The molecule has 10 heteroatoms. The van der Waals surface area contributed by atoms with Gasteiger partial charge in [-0.05, 0) is 57.0 Å². The smallest absolute Gasteiger partial charge is 0.256 e. The highest BCUT2D eigenvalue weighted by Gasteiger charge is 2.41. The first-order valence-corrected chi connectivity index (χ1v) is 12.9. The summed E-state index contributed by atoms with van der Waals surface area (Å²) < 4.78 is 5.58. The highest BCUT2D eigenvalue weighted by atomic mass is 16.5. The molecular formula is C28H33N7O3. The Morgan fingerprint density at radius 3 is 2.63 bits per heavy atom. The number of fused-ring (bicyclic) bond motifs is 1. The van der Waals surface area contributed by atoms with E-state index in [1.165, 1.54) is 12.8 Å². The summed E-state index contributed by atoms with van der Waals surface area (Å²) in [6.45, 7) is 4.57. The van der Waals surface area contributed by atoms with Crippen molar-refractivity contribution in [2.24, 2.45) is 5.41 Å². The SMILES string of the molecule is COc1cc(C(=O)Nc2ccccn2)ccc1Nc1ncc2c(n1)N(C1CCCC1)CC(C)(C)C(=O)N2C. The molecule has 1 saturated carbocycles. The van der Waals surface area contributed by atoms with Crippen molar-refractivity contribution in [2.45, 2.75) is 45.6 Å². The van der Waals surface area contributed by atoms with Gasteiger partial charge in [-0.25, -0.2) is 9.97 Å².